The predicted molar refractivity (Wildman–Crippen MR) is 91.3 cm³/mol. The van der Waals surface area contributed by atoms with Crippen molar-refractivity contribution < 1.29 is 15.1 Å². The monoisotopic (exact) mass is 313 g/mol. The molecule has 23 heavy (non-hydrogen) atoms. The van der Waals surface area contributed by atoms with Crippen LogP contribution in [0.15, 0.2) is 53.7 Å². The highest BCUT2D eigenvalue weighted by Crippen LogP contribution is 2.26. The van der Waals surface area contributed by atoms with Gasteiger partial charge in [-0.25, -0.2) is 0 Å². The summed E-state index contributed by atoms with van der Waals surface area (Å²) in [4.78, 5) is 0. The quantitative estimate of drug-likeness (QED) is 0.320. The third-order valence-electron chi connectivity index (χ3n) is 3.67. The number of hydrogen-bond donors (Lipinski definition) is 2. The average molecular weight is 313 g/mol. The maximum absolute atomic E-state index is 10.2. The van der Waals surface area contributed by atoms with Gasteiger partial charge >= 0.3 is 0 Å². The van der Waals surface area contributed by atoms with Gasteiger partial charge in [0.05, 0.1) is 5.71 Å². The molecule has 2 aromatic carbocycles. The van der Waals surface area contributed by atoms with Crippen molar-refractivity contribution in [1.82, 2.24) is 0 Å². The molecule has 0 amide bonds. The number of hydrogen-bond acceptors (Lipinski definition) is 4. The molecular formula is C19H23NO3. The number of rotatable bonds is 8. The highest BCUT2D eigenvalue weighted by molar-refractivity contribution is 6.02. The molecule has 0 spiro atoms. The molecule has 122 valence electrons. The Morgan fingerprint density at radius 1 is 1.09 bits per heavy atom. The Labute approximate surface area is 137 Å². The number of aromatic hydroxyl groups is 1. The molecule has 2 N–H and O–H groups in total. The van der Waals surface area contributed by atoms with Crippen molar-refractivity contribution in [2.45, 2.75) is 39.2 Å². The van der Waals surface area contributed by atoms with Gasteiger partial charge in [-0.2, -0.15) is 0 Å². The first-order valence-electron chi connectivity index (χ1n) is 7.95. The van der Waals surface area contributed by atoms with Gasteiger partial charge in [0, 0.05) is 11.6 Å². The highest BCUT2D eigenvalue weighted by Gasteiger charge is 2.11. The lowest BCUT2D eigenvalue weighted by Crippen LogP contribution is -2.02. The van der Waals surface area contributed by atoms with Gasteiger partial charge in [0.1, 0.15) is 18.1 Å². The summed E-state index contributed by atoms with van der Waals surface area (Å²) in [6.07, 6.45) is 3.73. The summed E-state index contributed by atoms with van der Waals surface area (Å²) in [5.41, 5.74) is 2.12. The zero-order valence-corrected chi connectivity index (χ0v) is 13.4. The van der Waals surface area contributed by atoms with Crippen molar-refractivity contribution >= 4 is 5.71 Å². The summed E-state index contributed by atoms with van der Waals surface area (Å²) in [6.45, 7) is 2.56. The van der Waals surface area contributed by atoms with E-state index in [4.69, 9.17) is 4.74 Å². The maximum atomic E-state index is 10.2. The molecule has 4 nitrogen and oxygen atoms in total. The molecule has 0 atom stereocenters. The smallest absolute Gasteiger partial charge is 0.128 e. The minimum atomic E-state index is 0.0693. The topological polar surface area (TPSA) is 62.1 Å². The minimum Gasteiger partial charge on any atom is -0.507 e. The third-order valence-corrected chi connectivity index (χ3v) is 3.67. The van der Waals surface area contributed by atoms with Crippen LogP contribution in [-0.2, 0) is 6.61 Å². The van der Waals surface area contributed by atoms with Crippen molar-refractivity contribution in [2.75, 3.05) is 0 Å². The molecule has 2 aromatic rings. The van der Waals surface area contributed by atoms with Crippen LogP contribution in [0.2, 0.25) is 0 Å². The van der Waals surface area contributed by atoms with E-state index in [9.17, 15) is 10.3 Å². The van der Waals surface area contributed by atoms with Crippen LogP contribution >= 0.6 is 0 Å². The van der Waals surface area contributed by atoms with E-state index in [1.165, 1.54) is 0 Å². The molecule has 2 rings (SSSR count). The van der Waals surface area contributed by atoms with E-state index in [2.05, 4.69) is 12.1 Å². The maximum Gasteiger partial charge on any atom is 0.128 e. The molecule has 0 aliphatic carbocycles. The molecule has 0 unspecified atom stereocenters. The number of oxime groups is 1. The van der Waals surface area contributed by atoms with E-state index in [1.54, 1.807) is 18.2 Å². The molecule has 0 heterocycles. The Kier molecular flexibility index (Phi) is 6.48. The molecule has 4 heteroatoms. The molecule has 0 aromatic heterocycles. The zero-order valence-electron chi connectivity index (χ0n) is 13.4. The fourth-order valence-corrected chi connectivity index (χ4v) is 2.37. The number of benzene rings is 2. The van der Waals surface area contributed by atoms with Crippen LogP contribution in [0.4, 0.5) is 0 Å². The van der Waals surface area contributed by atoms with E-state index >= 15 is 0 Å². The van der Waals surface area contributed by atoms with Crippen LogP contribution in [0, 0.1) is 0 Å². The molecule has 0 radical (unpaired) electrons. The van der Waals surface area contributed by atoms with E-state index in [0.717, 1.165) is 24.8 Å². The van der Waals surface area contributed by atoms with Crippen LogP contribution in [0.5, 0.6) is 11.5 Å². The number of ether oxygens (including phenoxy) is 1. The van der Waals surface area contributed by atoms with Gasteiger partial charge in [-0.05, 0) is 30.5 Å². The third kappa shape index (κ3) is 5.02. The number of phenolic OH excluding ortho intramolecular Hbond substituents is 1. The number of unbranched alkanes of at least 4 members (excludes halogenated alkanes) is 2. The number of nitrogens with zero attached hydrogens (tertiary/aromatic N) is 1. The Morgan fingerprint density at radius 2 is 1.87 bits per heavy atom. The van der Waals surface area contributed by atoms with Crippen LogP contribution in [0.3, 0.4) is 0 Å². The van der Waals surface area contributed by atoms with E-state index in [0.29, 0.717) is 30.1 Å². The van der Waals surface area contributed by atoms with E-state index < -0.39 is 0 Å². The van der Waals surface area contributed by atoms with E-state index in [-0.39, 0.29) is 5.75 Å². The van der Waals surface area contributed by atoms with Crippen LogP contribution in [0.25, 0.3) is 0 Å². The zero-order chi connectivity index (χ0) is 16.5. The predicted octanol–water partition coefficient (Wildman–Crippen LogP) is 4.73. The lowest BCUT2D eigenvalue weighted by molar-refractivity contribution is 0.304. The first-order valence-corrected chi connectivity index (χ1v) is 7.95. The van der Waals surface area contributed by atoms with Crippen LogP contribution in [0.1, 0.15) is 43.7 Å². The SMILES string of the molecule is CCCCC/C(=N/O)c1ccc(OCc2ccccc2)cc1O. The molecular weight excluding hydrogens is 290 g/mol. The Hall–Kier alpha value is -2.49. The van der Waals surface area contributed by atoms with Gasteiger partial charge in [-0.3, -0.25) is 0 Å². The van der Waals surface area contributed by atoms with Crippen LogP contribution in [-0.4, -0.2) is 16.0 Å². The average Bonchev–Trinajstić information content (AvgIpc) is 2.59. The molecule has 0 aliphatic rings. The van der Waals surface area contributed by atoms with Crippen molar-refractivity contribution in [3.05, 3.63) is 59.7 Å². The fraction of sp³-hybridized carbons (Fsp3) is 0.316. The largest absolute Gasteiger partial charge is 0.507 e. The minimum absolute atomic E-state index is 0.0693. The van der Waals surface area contributed by atoms with Gasteiger partial charge in [0.2, 0.25) is 0 Å². The van der Waals surface area contributed by atoms with Gasteiger partial charge in [-0.1, -0.05) is 55.3 Å². The van der Waals surface area contributed by atoms with Gasteiger partial charge in [0.15, 0.2) is 0 Å². The molecule has 0 saturated heterocycles. The summed E-state index contributed by atoms with van der Waals surface area (Å²) in [7, 11) is 0. The van der Waals surface area contributed by atoms with Crippen molar-refractivity contribution in [1.29, 1.82) is 0 Å². The van der Waals surface area contributed by atoms with E-state index in [1.807, 2.05) is 30.3 Å². The second kappa shape index (κ2) is 8.83. The van der Waals surface area contributed by atoms with Crippen molar-refractivity contribution in [3.63, 3.8) is 0 Å². The lowest BCUT2D eigenvalue weighted by atomic mass is 10.0. The summed E-state index contributed by atoms with van der Waals surface area (Å²) < 4.78 is 5.68. The number of phenols is 1. The highest BCUT2D eigenvalue weighted by atomic mass is 16.5. The first-order chi connectivity index (χ1) is 11.2. The van der Waals surface area contributed by atoms with Crippen LogP contribution < -0.4 is 4.74 Å². The summed E-state index contributed by atoms with van der Waals surface area (Å²) >= 11 is 0. The van der Waals surface area contributed by atoms with Crippen molar-refractivity contribution in [3.8, 4) is 11.5 Å². The molecule has 0 bridgehead atoms. The molecule has 0 aliphatic heterocycles. The normalized spacial score (nSPS) is 11.4. The summed E-state index contributed by atoms with van der Waals surface area (Å²) in [5.74, 6) is 0.654. The lowest BCUT2D eigenvalue weighted by Gasteiger charge is -2.10. The van der Waals surface area contributed by atoms with Gasteiger partial charge in [-0.15, -0.1) is 0 Å². The van der Waals surface area contributed by atoms with Crippen molar-refractivity contribution in [2.24, 2.45) is 5.16 Å². The van der Waals surface area contributed by atoms with Gasteiger partial charge in [0.25, 0.3) is 0 Å². The Balaban J connectivity index is 2.02. The standard InChI is InChI=1S/C19H23NO3/c1-2-3-5-10-18(20-22)17-12-11-16(13-19(17)21)23-14-15-8-6-4-7-9-15/h4,6-9,11-13,21-22H,2-3,5,10,14H2,1H3/b20-18-. The second-order valence-electron chi connectivity index (χ2n) is 5.46. The molecule has 0 fully saturated rings. The second-order valence-corrected chi connectivity index (χ2v) is 5.46. The Morgan fingerprint density at radius 3 is 2.52 bits per heavy atom. The summed E-state index contributed by atoms with van der Waals surface area (Å²) in [6, 6.07) is 14.9. The fourth-order valence-electron chi connectivity index (χ4n) is 2.37. The Bertz CT molecular complexity index is 638. The summed E-state index contributed by atoms with van der Waals surface area (Å²) in [5, 5.41) is 22.7. The first kappa shape index (κ1) is 16.9. The molecule has 0 saturated carbocycles. The van der Waals surface area contributed by atoms with Gasteiger partial charge < -0.3 is 15.1 Å².